The van der Waals surface area contributed by atoms with E-state index in [1.54, 1.807) is 21.3 Å². The topological polar surface area (TPSA) is 89.6 Å². The largest absolute Gasteiger partial charge is 0.527 e. The Morgan fingerprint density at radius 2 is 1.56 bits per heavy atom. The van der Waals surface area contributed by atoms with Crippen LogP contribution in [0.2, 0.25) is 0 Å². The highest BCUT2D eigenvalue weighted by molar-refractivity contribution is 6.64. The molecule has 1 atom stereocenters. The summed E-state index contributed by atoms with van der Waals surface area (Å²) in [6, 6.07) is 0. The van der Waals surface area contributed by atoms with Gasteiger partial charge >= 0.3 is 8.80 Å². The van der Waals surface area contributed by atoms with Crippen molar-refractivity contribution in [2.45, 2.75) is 39.3 Å². The molecule has 4 N–H and O–H groups in total. The Kier molecular flexibility index (Phi) is 5.79. The molecule has 0 aliphatic carbocycles. The van der Waals surface area contributed by atoms with Crippen molar-refractivity contribution in [2.75, 3.05) is 21.3 Å². The van der Waals surface area contributed by atoms with Crippen molar-refractivity contribution >= 4 is 14.8 Å². The molecule has 0 radical (unpaired) electrons. The predicted molar refractivity (Wildman–Crippen MR) is 74.3 cm³/mol. The molecule has 0 amide bonds. The smallest absolute Gasteiger partial charge is 0.375 e. The van der Waals surface area contributed by atoms with Gasteiger partial charge in [-0.25, -0.2) is 0 Å². The lowest BCUT2D eigenvalue weighted by atomic mass is 9.82. The maximum atomic E-state index is 7.53. The van der Waals surface area contributed by atoms with E-state index in [2.05, 4.69) is 26.1 Å². The summed E-state index contributed by atoms with van der Waals surface area (Å²) in [5.41, 5.74) is 5.29. The molecule has 0 aromatic carbocycles. The number of rotatable bonds is 7. The van der Waals surface area contributed by atoms with Crippen LogP contribution in [0, 0.1) is 10.8 Å². The third kappa shape index (κ3) is 2.69. The Balaban J connectivity index is 5.79. The average Bonchev–Trinajstić information content (AvgIpc) is 2.30. The molecule has 0 aromatic rings. The maximum absolute atomic E-state index is 7.53. The zero-order valence-corrected chi connectivity index (χ0v) is 13.5. The molecule has 0 heterocycles. The molecular weight excluding hydrogens is 250 g/mol. The van der Waals surface area contributed by atoms with Crippen molar-refractivity contribution in [1.82, 2.24) is 5.32 Å². The van der Waals surface area contributed by atoms with Crippen LogP contribution in [-0.2, 0) is 13.3 Å². The highest BCUT2D eigenvalue weighted by Crippen LogP contribution is 2.41. The lowest BCUT2D eigenvalue weighted by molar-refractivity contribution is 0.0488. The van der Waals surface area contributed by atoms with Crippen LogP contribution in [0.4, 0.5) is 0 Å². The van der Waals surface area contributed by atoms with E-state index >= 15 is 0 Å². The third-order valence-corrected chi connectivity index (χ3v) is 7.68. The standard InChI is InChI=1S/C11H27N3O3Si/c1-8-10(2,3)11(4,14-9(12)13)18(15-5,16-6)17-7/h8H2,1-7H3,(H4,12,13,14). The Bertz CT molecular complexity index is 287. The number of hydrogen-bond donors (Lipinski definition) is 3. The summed E-state index contributed by atoms with van der Waals surface area (Å²) in [7, 11) is 1.66. The molecule has 1 unspecified atom stereocenters. The Morgan fingerprint density at radius 3 is 1.78 bits per heavy atom. The fourth-order valence-electron chi connectivity index (χ4n) is 2.15. The zero-order chi connectivity index (χ0) is 14.6. The summed E-state index contributed by atoms with van der Waals surface area (Å²) in [5, 5.41) is 9.83. The molecule has 0 bridgehead atoms. The van der Waals surface area contributed by atoms with Crippen LogP contribution in [0.3, 0.4) is 0 Å². The molecular formula is C11H27N3O3Si. The van der Waals surface area contributed by atoms with Crippen molar-refractivity contribution in [3.63, 3.8) is 0 Å². The molecule has 6 nitrogen and oxygen atoms in total. The minimum absolute atomic E-state index is 0.123. The molecule has 0 aromatic heterocycles. The van der Waals surface area contributed by atoms with Gasteiger partial charge < -0.3 is 24.3 Å². The van der Waals surface area contributed by atoms with E-state index in [1.165, 1.54) is 0 Å². The lowest BCUT2D eigenvalue weighted by Crippen LogP contribution is -2.76. The first-order valence-corrected chi connectivity index (χ1v) is 7.66. The van der Waals surface area contributed by atoms with Gasteiger partial charge in [-0.2, -0.15) is 0 Å². The van der Waals surface area contributed by atoms with Gasteiger partial charge in [-0.05, 0) is 18.8 Å². The predicted octanol–water partition coefficient (Wildman–Crippen LogP) is 1.08. The average molecular weight is 277 g/mol. The minimum atomic E-state index is -3.02. The van der Waals surface area contributed by atoms with Gasteiger partial charge in [0.2, 0.25) is 0 Å². The Labute approximate surface area is 111 Å². The number of nitrogens with two attached hydrogens (primary N) is 1. The minimum Gasteiger partial charge on any atom is -0.375 e. The molecule has 18 heavy (non-hydrogen) atoms. The van der Waals surface area contributed by atoms with E-state index in [-0.39, 0.29) is 11.4 Å². The quantitative estimate of drug-likeness (QED) is 0.368. The SMILES string of the molecule is CCC(C)(C)C(C)(NC(=N)N)[Si](OC)(OC)OC. The Morgan fingerprint density at radius 1 is 1.17 bits per heavy atom. The van der Waals surface area contributed by atoms with Gasteiger partial charge in [-0.1, -0.05) is 20.8 Å². The normalized spacial score (nSPS) is 16.2. The van der Waals surface area contributed by atoms with Crippen LogP contribution >= 0.6 is 0 Å². The molecule has 0 saturated heterocycles. The molecule has 0 saturated carbocycles. The molecule has 0 fully saturated rings. The number of hydrogen-bond acceptors (Lipinski definition) is 4. The molecule has 0 aliphatic heterocycles. The first kappa shape index (κ1) is 17.4. The highest BCUT2D eigenvalue weighted by atomic mass is 28.4. The molecule has 0 spiro atoms. The van der Waals surface area contributed by atoms with Crippen LogP contribution in [-0.4, -0.2) is 41.3 Å². The van der Waals surface area contributed by atoms with Crippen molar-refractivity contribution in [3.8, 4) is 0 Å². The third-order valence-electron chi connectivity index (χ3n) is 4.04. The summed E-state index contributed by atoms with van der Waals surface area (Å²) in [6.07, 6.45) is 0.856. The van der Waals surface area contributed by atoms with Gasteiger partial charge in [-0.15, -0.1) is 0 Å². The van der Waals surface area contributed by atoms with E-state index < -0.39 is 14.0 Å². The second-order valence-electron chi connectivity index (χ2n) is 5.07. The van der Waals surface area contributed by atoms with Gasteiger partial charge in [0.15, 0.2) is 5.96 Å². The summed E-state index contributed by atoms with van der Waals surface area (Å²) < 4.78 is 16.7. The number of guanidine groups is 1. The van der Waals surface area contributed by atoms with Crippen molar-refractivity contribution in [3.05, 3.63) is 0 Å². The fraction of sp³-hybridized carbons (Fsp3) is 0.909. The van der Waals surface area contributed by atoms with Crippen molar-refractivity contribution in [2.24, 2.45) is 11.1 Å². The Hall–Kier alpha value is -0.633. The van der Waals surface area contributed by atoms with E-state index in [0.717, 1.165) is 6.42 Å². The van der Waals surface area contributed by atoms with E-state index in [1.807, 2.05) is 6.92 Å². The van der Waals surface area contributed by atoms with Gasteiger partial charge in [0.25, 0.3) is 0 Å². The molecule has 108 valence electrons. The lowest BCUT2D eigenvalue weighted by Gasteiger charge is -2.50. The highest BCUT2D eigenvalue weighted by Gasteiger charge is 2.64. The summed E-state index contributed by atoms with van der Waals surface area (Å²) in [6.45, 7) is 8.14. The first-order valence-electron chi connectivity index (χ1n) is 5.94. The van der Waals surface area contributed by atoms with Crippen molar-refractivity contribution in [1.29, 1.82) is 5.41 Å². The van der Waals surface area contributed by atoms with Crippen molar-refractivity contribution < 1.29 is 13.3 Å². The van der Waals surface area contributed by atoms with E-state index in [4.69, 9.17) is 24.4 Å². The van der Waals surface area contributed by atoms with Gasteiger partial charge in [0.05, 0.1) is 0 Å². The van der Waals surface area contributed by atoms with Crippen LogP contribution in [0.25, 0.3) is 0 Å². The van der Waals surface area contributed by atoms with E-state index in [0.29, 0.717) is 0 Å². The monoisotopic (exact) mass is 277 g/mol. The maximum Gasteiger partial charge on any atom is 0.527 e. The zero-order valence-electron chi connectivity index (χ0n) is 12.5. The molecule has 0 aliphatic rings. The summed E-state index contributed by atoms with van der Waals surface area (Å²) in [5.74, 6) is -0.123. The molecule has 0 rings (SSSR count). The van der Waals surface area contributed by atoms with Crippen LogP contribution in [0.1, 0.15) is 34.1 Å². The second-order valence-corrected chi connectivity index (χ2v) is 8.41. The number of nitrogens with one attached hydrogen (secondary N) is 2. The fourth-order valence-corrected chi connectivity index (χ4v) is 5.16. The first-order chi connectivity index (χ1) is 8.16. The van der Waals surface area contributed by atoms with Crippen LogP contribution in [0.15, 0.2) is 0 Å². The van der Waals surface area contributed by atoms with Gasteiger partial charge in [-0.3, -0.25) is 5.41 Å². The van der Waals surface area contributed by atoms with Crippen LogP contribution < -0.4 is 11.1 Å². The summed E-state index contributed by atoms with van der Waals surface area (Å²) >= 11 is 0. The molecule has 7 heteroatoms. The van der Waals surface area contributed by atoms with E-state index in [9.17, 15) is 0 Å². The second kappa shape index (κ2) is 6.01. The summed E-state index contributed by atoms with van der Waals surface area (Å²) in [4.78, 5) is 0. The van der Waals surface area contributed by atoms with Crippen LogP contribution in [0.5, 0.6) is 0 Å². The van der Waals surface area contributed by atoms with Gasteiger partial charge in [0, 0.05) is 21.3 Å². The van der Waals surface area contributed by atoms with Gasteiger partial charge in [0.1, 0.15) is 5.16 Å².